The molecular weight excluding hydrogens is 901 g/mol. The van der Waals surface area contributed by atoms with Crippen molar-refractivity contribution < 1.29 is 28.7 Å². The molecule has 0 fully saturated rings. The molecule has 6 rings (SSSR count). The van der Waals surface area contributed by atoms with E-state index in [0.29, 0.717) is 46.8 Å². The Balaban J connectivity index is 0.000000268. The Bertz CT molecular complexity index is 2620. The van der Waals surface area contributed by atoms with Crippen molar-refractivity contribution in [1.82, 2.24) is 9.97 Å². The number of unbranched alkanes of at least 4 members (excludes halogenated alkanes) is 12. The fraction of sp³-hybridized carbons (Fsp3) is 0.367. The summed E-state index contributed by atoms with van der Waals surface area (Å²) in [5.41, 5.74) is 20.8. The van der Waals surface area contributed by atoms with E-state index < -0.39 is 0 Å². The topological polar surface area (TPSA) is 189 Å². The fourth-order valence-corrected chi connectivity index (χ4v) is 8.21. The first kappa shape index (κ1) is 55.9. The number of esters is 2. The number of amides is 2. The van der Waals surface area contributed by atoms with Crippen molar-refractivity contribution in [3.63, 3.8) is 0 Å². The van der Waals surface area contributed by atoms with E-state index in [0.717, 1.165) is 59.1 Å². The zero-order valence-corrected chi connectivity index (χ0v) is 42.7. The van der Waals surface area contributed by atoms with Crippen molar-refractivity contribution >= 4 is 35.1 Å². The highest BCUT2D eigenvalue weighted by Crippen LogP contribution is 2.32. The number of carbonyl (C=O) groups excluding carboxylic acids is 4. The lowest BCUT2D eigenvalue weighted by Gasteiger charge is -2.16. The largest absolute Gasteiger partial charge is 0.462 e. The third-order valence-corrected chi connectivity index (χ3v) is 12.3. The van der Waals surface area contributed by atoms with E-state index in [2.05, 4.69) is 34.4 Å². The number of nitrogens with two attached hydrogens (primary N) is 2. The number of carbonyl (C=O) groups is 4. The van der Waals surface area contributed by atoms with Crippen LogP contribution in [0.1, 0.15) is 182 Å². The normalized spacial score (nSPS) is 11.6. The van der Waals surface area contributed by atoms with Crippen LogP contribution in [0.15, 0.2) is 134 Å². The Labute approximate surface area is 426 Å². The molecule has 0 bridgehead atoms. The van der Waals surface area contributed by atoms with Crippen molar-refractivity contribution in [2.24, 2.45) is 11.5 Å². The Morgan fingerprint density at radius 1 is 0.458 bits per heavy atom. The van der Waals surface area contributed by atoms with Gasteiger partial charge >= 0.3 is 11.9 Å². The third kappa shape index (κ3) is 18.3. The van der Waals surface area contributed by atoms with E-state index in [1.165, 1.54) is 64.2 Å². The van der Waals surface area contributed by atoms with Crippen LogP contribution in [0.3, 0.4) is 0 Å². The van der Waals surface area contributed by atoms with Crippen LogP contribution in [0.25, 0.3) is 22.3 Å². The average molecular weight is 975 g/mol. The van der Waals surface area contributed by atoms with Crippen LogP contribution in [0, 0.1) is 0 Å². The van der Waals surface area contributed by atoms with Crippen molar-refractivity contribution in [3.05, 3.63) is 167 Å². The minimum Gasteiger partial charge on any atom is -0.462 e. The maximum absolute atomic E-state index is 12.9. The van der Waals surface area contributed by atoms with Gasteiger partial charge in [-0.2, -0.15) is 0 Å². The van der Waals surface area contributed by atoms with Crippen LogP contribution >= 0.6 is 0 Å². The van der Waals surface area contributed by atoms with E-state index in [-0.39, 0.29) is 35.8 Å². The number of hydrogen-bond acceptors (Lipinski definition) is 10. The smallest absolute Gasteiger partial charge is 0.338 e. The van der Waals surface area contributed by atoms with Crippen molar-refractivity contribution in [2.45, 2.75) is 130 Å². The molecule has 12 nitrogen and oxygen atoms in total. The molecule has 0 radical (unpaired) electrons. The number of hydrogen-bond donors (Lipinski definition) is 4. The van der Waals surface area contributed by atoms with Gasteiger partial charge in [0.2, 0.25) is 0 Å². The van der Waals surface area contributed by atoms with Gasteiger partial charge in [-0.15, -0.1) is 0 Å². The number of nitrogens with one attached hydrogen (secondary N) is 2. The lowest BCUT2D eigenvalue weighted by atomic mass is 9.92. The highest BCUT2D eigenvalue weighted by molar-refractivity contribution is 6.06. The Hall–Kier alpha value is -7.02. The maximum atomic E-state index is 12.9. The van der Waals surface area contributed by atoms with Gasteiger partial charge in [-0.05, 0) is 133 Å². The van der Waals surface area contributed by atoms with Crippen LogP contribution in [0.4, 0.5) is 11.4 Å². The second kappa shape index (κ2) is 30.7. The van der Waals surface area contributed by atoms with E-state index in [1.54, 1.807) is 79.4 Å². The molecule has 0 aliphatic carbocycles. The van der Waals surface area contributed by atoms with Gasteiger partial charge in [0.1, 0.15) is 0 Å². The van der Waals surface area contributed by atoms with Crippen LogP contribution < -0.4 is 22.1 Å². The summed E-state index contributed by atoms with van der Waals surface area (Å²) in [6, 6.07) is 31.9. The van der Waals surface area contributed by atoms with Gasteiger partial charge in [0.05, 0.1) is 24.3 Å². The van der Waals surface area contributed by atoms with Gasteiger partial charge in [-0.3, -0.25) is 19.6 Å². The maximum Gasteiger partial charge on any atom is 0.338 e. The first-order valence-corrected chi connectivity index (χ1v) is 25.8. The summed E-state index contributed by atoms with van der Waals surface area (Å²) in [7, 11) is 0. The van der Waals surface area contributed by atoms with E-state index in [1.807, 2.05) is 68.4 Å². The molecule has 72 heavy (non-hydrogen) atoms. The number of pyridine rings is 2. The summed E-state index contributed by atoms with van der Waals surface area (Å²) in [4.78, 5) is 59.0. The molecule has 6 aromatic rings. The van der Waals surface area contributed by atoms with Crippen LogP contribution in [-0.4, -0.2) is 46.9 Å². The van der Waals surface area contributed by atoms with Gasteiger partial charge in [0.25, 0.3) is 11.8 Å². The number of rotatable bonds is 26. The Morgan fingerprint density at radius 3 is 1.18 bits per heavy atom. The van der Waals surface area contributed by atoms with Crippen LogP contribution in [0.2, 0.25) is 0 Å². The van der Waals surface area contributed by atoms with Gasteiger partial charge < -0.3 is 31.6 Å². The molecule has 4 aromatic carbocycles. The highest BCUT2D eigenvalue weighted by Gasteiger charge is 2.18. The van der Waals surface area contributed by atoms with Gasteiger partial charge in [0.15, 0.2) is 0 Å². The number of benzene rings is 4. The number of aromatic nitrogens is 2. The minimum absolute atomic E-state index is 0.232. The van der Waals surface area contributed by atoms with E-state index >= 15 is 0 Å². The molecule has 6 N–H and O–H groups in total. The molecule has 0 saturated heterocycles. The zero-order chi connectivity index (χ0) is 51.5. The van der Waals surface area contributed by atoms with Crippen LogP contribution in [0.5, 0.6) is 0 Å². The first-order chi connectivity index (χ1) is 35.0. The number of anilines is 2. The molecule has 2 atom stereocenters. The van der Waals surface area contributed by atoms with Gasteiger partial charge in [0, 0.05) is 59.4 Å². The second-order valence-corrected chi connectivity index (χ2v) is 18.2. The molecule has 2 unspecified atom stereocenters. The lowest BCUT2D eigenvalue weighted by molar-refractivity contribution is 0.0488. The summed E-state index contributed by atoms with van der Waals surface area (Å²) in [5.74, 6) is -1.14. The molecule has 0 aliphatic heterocycles. The highest BCUT2D eigenvalue weighted by atomic mass is 16.5. The molecule has 0 saturated carbocycles. The van der Waals surface area contributed by atoms with E-state index in [9.17, 15) is 19.2 Å². The fourth-order valence-electron chi connectivity index (χ4n) is 8.21. The Morgan fingerprint density at radius 2 is 0.819 bits per heavy atom. The van der Waals surface area contributed by atoms with Crippen molar-refractivity contribution in [3.8, 4) is 22.3 Å². The van der Waals surface area contributed by atoms with Gasteiger partial charge in [-0.1, -0.05) is 127 Å². The standard InChI is InChI=1S/C31H39N3O3.C29H35N3O3/c1-3-4-5-6-7-8-9-10-20-37-31(36)26-13-11-12-24(21-26)29-22-25(14-15-28(29)23(2)32)30(35)34-27-16-18-33-19-17-27;1-3-4-5-6-7-8-18-35-29(34)24-11-9-10-22(19-24)27-20-23(12-13-26(27)21(2)30)28(33)32-25-14-16-31-17-15-25/h11-19,21-23H,3-10,20,32H2,1-2H3,(H,33,34,35);9-17,19-21H,3-8,18,30H2,1-2H3,(H,31,32,33). The lowest BCUT2D eigenvalue weighted by Crippen LogP contribution is -2.14. The first-order valence-electron chi connectivity index (χ1n) is 25.8. The monoisotopic (exact) mass is 975 g/mol. The van der Waals surface area contributed by atoms with Crippen molar-refractivity contribution in [2.75, 3.05) is 23.8 Å². The molecule has 380 valence electrons. The van der Waals surface area contributed by atoms with Gasteiger partial charge in [-0.25, -0.2) is 9.59 Å². The quantitative estimate of drug-likeness (QED) is 0.0301. The second-order valence-electron chi connectivity index (χ2n) is 18.2. The molecule has 12 heteroatoms. The SMILES string of the molecule is CCCCCCCCCCOC(=O)c1cccc(-c2cc(C(=O)Nc3ccncc3)ccc2C(C)N)c1.CCCCCCCCOC(=O)c1cccc(-c2cc(C(=O)Nc3ccncc3)ccc2C(C)N)c1. The predicted octanol–water partition coefficient (Wildman–Crippen LogP) is 13.9. The van der Waals surface area contributed by atoms with Crippen molar-refractivity contribution in [1.29, 1.82) is 0 Å². The number of nitrogens with zero attached hydrogens (tertiary/aromatic N) is 2. The van der Waals surface area contributed by atoms with Crippen LogP contribution in [-0.2, 0) is 9.47 Å². The summed E-state index contributed by atoms with van der Waals surface area (Å²) >= 11 is 0. The van der Waals surface area contributed by atoms with E-state index in [4.69, 9.17) is 20.9 Å². The molecule has 2 aromatic heterocycles. The average Bonchev–Trinajstić information content (AvgIpc) is 3.40. The summed E-state index contributed by atoms with van der Waals surface area (Å²) < 4.78 is 11.0. The zero-order valence-electron chi connectivity index (χ0n) is 42.7. The molecular formula is C60H74N6O6. The molecule has 0 spiro atoms. The third-order valence-electron chi connectivity index (χ3n) is 12.3. The summed E-state index contributed by atoms with van der Waals surface area (Å²) in [5, 5.41) is 5.76. The molecule has 2 amide bonds. The molecule has 2 heterocycles. The number of ether oxygens (including phenoxy) is 2. The summed E-state index contributed by atoms with van der Waals surface area (Å²) in [6.07, 6.45) is 22.9. The molecule has 0 aliphatic rings. The summed E-state index contributed by atoms with van der Waals surface area (Å²) in [6.45, 7) is 9.06. The Kier molecular flexibility index (Phi) is 23.8. The minimum atomic E-state index is -0.339. The predicted molar refractivity (Wildman–Crippen MR) is 290 cm³/mol.